The van der Waals surface area contributed by atoms with Crippen LogP contribution in [0.1, 0.15) is 65.2 Å². The van der Waals surface area contributed by atoms with Gasteiger partial charge in [-0.3, -0.25) is 0 Å². The van der Waals surface area contributed by atoms with E-state index in [0.717, 1.165) is 12.6 Å². The maximum absolute atomic E-state index is 6.04. The van der Waals surface area contributed by atoms with Gasteiger partial charge in [0.1, 0.15) is 0 Å². The largest absolute Gasteiger partial charge is 0.329 e. The van der Waals surface area contributed by atoms with Crippen molar-refractivity contribution < 1.29 is 0 Å². The highest BCUT2D eigenvalue weighted by Crippen LogP contribution is 2.40. The van der Waals surface area contributed by atoms with Crippen molar-refractivity contribution in [1.29, 1.82) is 0 Å². The Bertz CT molecular complexity index is 219. The third-order valence-electron chi connectivity index (χ3n) is 4.82. The Kier molecular flexibility index (Phi) is 3.60. The molecule has 0 bridgehead atoms. The molecule has 0 aromatic heterocycles. The molecule has 16 heavy (non-hydrogen) atoms. The maximum Gasteiger partial charge on any atom is 0.0306 e. The molecule has 2 fully saturated rings. The van der Waals surface area contributed by atoms with Crippen molar-refractivity contribution in [3.8, 4) is 0 Å². The lowest BCUT2D eigenvalue weighted by Gasteiger charge is -2.45. The van der Waals surface area contributed by atoms with Crippen LogP contribution in [0.25, 0.3) is 0 Å². The van der Waals surface area contributed by atoms with E-state index in [9.17, 15) is 0 Å². The van der Waals surface area contributed by atoms with Crippen LogP contribution in [0.3, 0.4) is 0 Å². The van der Waals surface area contributed by atoms with Gasteiger partial charge >= 0.3 is 0 Å². The van der Waals surface area contributed by atoms with Crippen LogP contribution in [-0.4, -0.2) is 18.1 Å². The summed E-state index contributed by atoms with van der Waals surface area (Å²) in [5, 5.41) is 3.89. The molecule has 2 aliphatic carbocycles. The second-order valence-electron chi connectivity index (χ2n) is 6.77. The molecule has 2 rings (SSSR count). The van der Waals surface area contributed by atoms with Gasteiger partial charge in [-0.05, 0) is 43.9 Å². The van der Waals surface area contributed by atoms with Gasteiger partial charge in [-0.2, -0.15) is 0 Å². The maximum atomic E-state index is 6.04. The average Bonchev–Trinajstić information content (AvgIpc) is 2.74. The first-order valence-corrected chi connectivity index (χ1v) is 7.03. The van der Waals surface area contributed by atoms with E-state index >= 15 is 0 Å². The molecule has 0 heterocycles. The molecule has 2 nitrogen and oxygen atoms in total. The van der Waals surface area contributed by atoms with Gasteiger partial charge in [0, 0.05) is 18.1 Å². The summed E-state index contributed by atoms with van der Waals surface area (Å²) in [6, 6.07) is 0.754. The summed E-state index contributed by atoms with van der Waals surface area (Å²) >= 11 is 0. The fourth-order valence-corrected chi connectivity index (χ4v) is 3.32. The highest BCUT2D eigenvalue weighted by atomic mass is 15.0. The van der Waals surface area contributed by atoms with Gasteiger partial charge in [0.2, 0.25) is 0 Å². The van der Waals surface area contributed by atoms with Gasteiger partial charge in [0.15, 0.2) is 0 Å². The third kappa shape index (κ3) is 2.78. The number of hydrogen-bond donors (Lipinski definition) is 2. The van der Waals surface area contributed by atoms with Gasteiger partial charge in [0.05, 0.1) is 0 Å². The number of nitrogens with two attached hydrogens (primary N) is 1. The van der Waals surface area contributed by atoms with Crippen LogP contribution in [0.4, 0.5) is 0 Å². The molecule has 0 aliphatic heterocycles. The summed E-state index contributed by atoms with van der Waals surface area (Å²) in [5.74, 6) is 0. The van der Waals surface area contributed by atoms with Gasteiger partial charge in [0.25, 0.3) is 0 Å². The molecule has 0 saturated heterocycles. The minimum atomic E-state index is 0.268. The van der Waals surface area contributed by atoms with Crippen LogP contribution in [0.15, 0.2) is 0 Å². The van der Waals surface area contributed by atoms with Gasteiger partial charge in [-0.1, -0.05) is 26.7 Å². The summed E-state index contributed by atoms with van der Waals surface area (Å²) < 4.78 is 0. The topological polar surface area (TPSA) is 38.0 Å². The molecule has 0 atom stereocenters. The van der Waals surface area contributed by atoms with Crippen LogP contribution in [0.5, 0.6) is 0 Å². The zero-order valence-electron chi connectivity index (χ0n) is 11.0. The predicted molar refractivity (Wildman–Crippen MR) is 69.4 cm³/mol. The fourth-order valence-electron chi connectivity index (χ4n) is 3.32. The second kappa shape index (κ2) is 4.66. The Morgan fingerprint density at radius 2 is 1.62 bits per heavy atom. The number of nitrogens with one attached hydrogen (secondary N) is 1. The van der Waals surface area contributed by atoms with E-state index in [2.05, 4.69) is 19.2 Å². The quantitative estimate of drug-likeness (QED) is 0.773. The average molecular weight is 224 g/mol. The molecule has 0 aromatic rings. The highest BCUT2D eigenvalue weighted by Gasteiger charge is 2.38. The summed E-state index contributed by atoms with van der Waals surface area (Å²) in [7, 11) is 0. The SMILES string of the molecule is CC1(C)CCC(CN)(NC2CCCC2)CC1. The van der Waals surface area contributed by atoms with Crippen LogP contribution in [-0.2, 0) is 0 Å². The Hall–Kier alpha value is -0.0800. The second-order valence-corrected chi connectivity index (χ2v) is 6.77. The summed E-state index contributed by atoms with van der Waals surface area (Å²) in [4.78, 5) is 0. The van der Waals surface area contributed by atoms with E-state index in [1.54, 1.807) is 0 Å². The van der Waals surface area contributed by atoms with Crippen LogP contribution in [0.2, 0.25) is 0 Å². The first-order valence-electron chi connectivity index (χ1n) is 7.03. The first kappa shape index (κ1) is 12.4. The van der Waals surface area contributed by atoms with Crippen molar-refractivity contribution in [2.45, 2.75) is 76.8 Å². The molecule has 2 aliphatic rings. The van der Waals surface area contributed by atoms with Gasteiger partial charge in [-0.15, -0.1) is 0 Å². The fraction of sp³-hybridized carbons (Fsp3) is 1.00. The van der Waals surface area contributed by atoms with Crippen molar-refractivity contribution in [3.63, 3.8) is 0 Å². The Labute approximate surface area is 100 Å². The van der Waals surface area contributed by atoms with Gasteiger partial charge < -0.3 is 11.1 Å². The van der Waals surface area contributed by atoms with E-state index in [1.807, 2.05) is 0 Å². The lowest BCUT2D eigenvalue weighted by atomic mass is 9.69. The standard InChI is InChI=1S/C14H28N2/c1-13(2)7-9-14(11-15,10-8-13)16-12-5-3-4-6-12/h12,16H,3-11,15H2,1-2H3. The van der Waals surface area contributed by atoms with E-state index < -0.39 is 0 Å². The molecule has 2 heteroatoms. The minimum Gasteiger partial charge on any atom is -0.329 e. The number of hydrogen-bond acceptors (Lipinski definition) is 2. The molecular formula is C14H28N2. The molecular weight excluding hydrogens is 196 g/mol. The Morgan fingerprint density at radius 1 is 1.06 bits per heavy atom. The smallest absolute Gasteiger partial charge is 0.0306 e. The number of rotatable bonds is 3. The lowest BCUT2D eigenvalue weighted by molar-refractivity contribution is 0.129. The summed E-state index contributed by atoms with van der Waals surface area (Å²) in [6.07, 6.45) is 10.7. The molecule has 0 radical (unpaired) electrons. The lowest BCUT2D eigenvalue weighted by Crippen LogP contribution is -2.57. The zero-order chi connectivity index (χ0) is 11.6. The van der Waals surface area contributed by atoms with Crippen LogP contribution >= 0.6 is 0 Å². The Morgan fingerprint density at radius 3 is 2.12 bits per heavy atom. The molecule has 0 aromatic carbocycles. The normalized spacial score (nSPS) is 29.4. The molecule has 0 unspecified atom stereocenters. The van der Waals surface area contributed by atoms with Crippen molar-refractivity contribution in [3.05, 3.63) is 0 Å². The molecule has 3 N–H and O–H groups in total. The van der Waals surface area contributed by atoms with Gasteiger partial charge in [-0.25, -0.2) is 0 Å². The minimum absolute atomic E-state index is 0.268. The highest BCUT2D eigenvalue weighted by molar-refractivity contribution is 4.98. The van der Waals surface area contributed by atoms with E-state index in [4.69, 9.17) is 5.73 Å². The monoisotopic (exact) mass is 224 g/mol. The van der Waals surface area contributed by atoms with E-state index in [1.165, 1.54) is 51.4 Å². The van der Waals surface area contributed by atoms with Crippen LogP contribution < -0.4 is 11.1 Å². The summed E-state index contributed by atoms with van der Waals surface area (Å²) in [6.45, 7) is 5.60. The third-order valence-corrected chi connectivity index (χ3v) is 4.82. The summed E-state index contributed by atoms with van der Waals surface area (Å²) in [5.41, 5.74) is 6.85. The molecule has 2 saturated carbocycles. The molecule has 94 valence electrons. The first-order chi connectivity index (χ1) is 7.55. The predicted octanol–water partition coefficient (Wildman–Crippen LogP) is 2.82. The molecule has 0 spiro atoms. The Balaban J connectivity index is 1.92. The molecule has 0 amide bonds. The van der Waals surface area contributed by atoms with Crippen molar-refractivity contribution in [2.24, 2.45) is 11.1 Å². The van der Waals surface area contributed by atoms with Crippen LogP contribution in [0, 0.1) is 5.41 Å². The van der Waals surface area contributed by atoms with E-state index in [-0.39, 0.29) is 5.54 Å². The zero-order valence-corrected chi connectivity index (χ0v) is 11.0. The van der Waals surface area contributed by atoms with Crippen molar-refractivity contribution in [2.75, 3.05) is 6.54 Å². The van der Waals surface area contributed by atoms with Crippen molar-refractivity contribution >= 4 is 0 Å². The van der Waals surface area contributed by atoms with E-state index in [0.29, 0.717) is 5.41 Å². The van der Waals surface area contributed by atoms with Crippen molar-refractivity contribution in [1.82, 2.24) is 5.32 Å².